The number of carbonyl (C=O) groups excluding carboxylic acids is 1. The fourth-order valence-electron chi connectivity index (χ4n) is 4.32. The van der Waals surface area contributed by atoms with Crippen LogP contribution in [0.3, 0.4) is 0 Å². The van der Waals surface area contributed by atoms with Crippen molar-refractivity contribution >= 4 is 33.2 Å². The van der Waals surface area contributed by atoms with Gasteiger partial charge >= 0.3 is 0 Å². The van der Waals surface area contributed by atoms with E-state index in [4.69, 9.17) is 16.1 Å². The van der Waals surface area contributed by atoms with Crippen LogP contribution in [0.4, 0.5) is 5.69 Å². The first-order chi connectivity index (χ1) is 15.9. The molecule has 5 rings (SSSR count). The van der Waals surface area contributed by atoms with Crippen molar-refractivity contribution in [2.75, 3.05) is 24.5 Å². The lowest BCUT2D eigenvalue weighted by Crippen LogP contribution is -2.35. The minimum Gasteiger partial charge on any atom is -0.339 e. The van der Waals surface area contributed by atoms with E-state index in [2.05, 4.69) is 10.1 Å². The zero-order valence-electron chi connectivity index (χ0n) is 17.9. The Hall–Kier alpha value is -2.75. The van der Waals surface area contributed by atoms with Gasteiger partial charge in [-0.2, -0.15) is 9.29 Å². The van der Waals surface area contributed by atoms with Gasteiger partial charge in [-0.15, -0.1) is 0 Å². The lowest BCUT2D eigenvalue weighted by atomic mass is 10.1. The van der Waals surface area contributed by atoms with E-state index in [0.717, 1.165) is 24.9 Å². The Morgan fingerprint density at radius 2 is 1.79 bits per heavy atom. The van der Waals surface area contributed by atoms with Gasteiger partial charge in [-0.05, 0) is 55.3 Å². The number of anilines is 1. The summed E-state index contributed by atoms with van der Waals surface area (Å²) in [5.41, 5.74) is 1.39. The number of carbonyl (C=O) groups is 1. The van der Waals surface area contributed by atoms with Gasteiger partial charge in [-0.3, -0.25) is 4.79 Å². The molecule has 0 radical (unpaired) electrons. The van der Waals surface area contributed by atoms with Crippen molar-refractivity contribution in [3.05, 3.63) is 59.4 Å². The van der Waals surface area contributed by atoms with E-state index in [0.29, 0.717) is 41.9 Å². The van der Waals surface area contributed by atoms with Gasteiger partial charge in [0.15, 0.2) is 0 Å². The first-order valence-electron chi connectivity index (χ1n) is 10.9. The number of aromatic nitrogens is 2. The molecule has 1 aromatic heterocycles. The molecule has 0 bridgehead atoms. The fraction of sp³-hybridized carbons (Fsp3) is 0.348. The number of rotatable bonds is 5. The summed E-state index contributed by atoms with van der Waals surface area (Å²) in [6.07, 6.45) is 3.11. The van der Waals surface area contributed by atoms with Gasteiger partial charge in [0.25, 0.3) is 0 Å². The predicted molar refractivity (Wildman–Crippen MR) is 124 cm³/mol. The van der Waals surface area contributed by atoms with Crippen LogP contribution in [0, 0.1) is 0 Å². The molecule has 2 fully saturated rings. The molecule has 33 heavy (non-hydrogen) atoms. The summed E-state index contributed by atoms with van der Waals surface area (Å²) in [5, 5.41) is 4.62. The van der Waals surface area contributed by atoms with Gasteiger partial charge in [-0.1, -0.05) is 29.2 Å². The largest absolute Gasteiger partial charge is 0.339 e. The molecule has 3 heterocycles. The first kappa shape index (κ1) is 22.1. The number of benzene rings is 2. The van der Waals surface area contributed by atoms with Crippen LogP contribution in [0.2, 0.25) is 5.02 Å². The van der Waals surface area contributed by atoms with Crippen molar-refractivity contribution in [1.82, 2.24) is 14.4 Å². The molecule has 0 aliphatic carbocycles. The van der Waals surface area contributed by atoms with Crippen LogP contribution in [0.15, 0.2) is 57.9 Å². The molecule has 0 N–H and O–H groups in total. The van der Waals surface area contributed by atoms with Crippen LogP contribution < -0.4 is 4.90 Å². The molecular weight excluding hydrogens is 464 g/mol. The maximum atomic E-state index is 12.8. The van der Waals surface area contributed by atoms with E-state index >= 15 is 0 Å². The number of hydrogen-bond donors (Lipinski definition) is 0. The highest BCUT2D eigenvalue weighted by atomic mass is 35.5. The molecule has 1 atom stereocenters. The van der Waals surface area contributed by atoms with E-state index in [9.17, 15) is 13.2 Å². The summed E-state index contributed by atoms with van der Waals surface area (Å²) in [6.45, 7) is 1.54. The summed E-state index contributed by atoms with van der Waals surface area (Å²) in [4.78, 5) is 18.9. The van der Waals surface area contributed by atoms with E-state index < -0.39 is 10.0 Å². The SMILES string of the molecule is O=C1C[C@H](c2nc(-c3ccc(S(=O)(=O)N4CCCCC4)cc3)no2)CN1c1cccc(Cl)c1. The van der Waals surface area contributed by atoms with E-state index in [-0.39, 0.29) is 23.1 Å². The number of nitrogens with zero attached hydrogens (tertiary/aromatic N) is 4. The zero-order valence-corrected chi connectivity index (χ0v) is 19.4. The Kier molecular flexibility index (Phi) is 5.94. The number of sulfonamides is 1. The minimum atomic E-state index is -3.49. The van der Waals surface area contributed by atoms with Crippen molar-refractivity contribution in [2.24, 2.45) is 0 Å². The lowest BCUT2D eigenvalue weighted by Gasteiger charge is -2.25. The number of piperidine rings is 1. The summed E-state index contributed by atoms with van der Waals surface area (Å²) in [7, 11) is -3.49. The average Bonchev–Trinajstić information content (AvgIpc) is 3.47. The lowest BCUT2D eigenvalue weighted by molar-refractivity contribution is -0.117. The third kappa shape index (κ3) is 4.40. The molecule has 8 nitrogen and oxygen atoms in total. The Labute approximate surface area is 197 Å². The van der Waals surface area contributed by atoms with Gasteiger partial charge in [0.1, 0.15) is 0 Å². The normalized spacial score (nSPS) is 19.8. The molecule has 2 aliphatic heterocycles. The van der Waals surface area contributed by atoms with Gasteiger partial charge in [0, 0.05) is 42.3 Å². The number of halogens is 1. The van der Waals surface area contributed by atoms with Crippen LogP contribution in [0.1, 0.15) is 37.5 Å². The Bertz CT molecular complexity index is 1270. The molecule has 172 valence electrons. The average molecular weight is 487 g/mol. The highest BCUT2D eigenvalue weighted by Crippen LogP contribution is 2.33. The van der Waals surface area contributed by atoms with Gasteiger partial charge in [-0.25, -0.2) is 8.42 Å². The molecule has 2 aromatic carbocycles. The van der Waals surface area contributed by atoms with E-state index in [1.807, 2.05) is 6.07 Å². The Morgan fingerprint density at radius 1 is 1.03 bits per heavy atom. The Balaban J connectivity index is 1.31. The summed E-state index contributed by atoms with van der Waals surface area (Å²) < 4.78 is 32.7. The second-order valence-corrected chi connectivity index (χ2v) is 10.7. The molecule has 2 aliphatic rings. The zero-order chi connectivity index (χ0) is 23.0. The van der Waals surface area contributed by atoms with E-state index in [1.165, 1.54) is 0 Å². The summed E-state index contributed by atoms with van der Waals surface area (Å²) >= 11 is 6.06. The van der Waals surface area contributed by atoms with Gasteiger partial charge in [0.05, 0.1) is 10.8 Å². The molecule has 0 unspecified atom stereocenters. The smallest absolute Gasteiger partial charge is 0.243 e. The number of hydrogen-bond acceptors (Lipinski definition) is 6. The molecular formula is C23H23ClN4O4S. The Morgan fingerprint density at radius 3 is 2.52 bits per heavy atom. The molecule has 1 amide bonds. The van der Waals surface area contributed by atoms with E-state index in [1.54, 1.807) is 51.7 Å². The summed E-state index contributed by atoms with van der Waals surface area (Å²) in [6, 6.07) is 13.7. The number of amides is 1. The third-order valence-corrected chi connectivity index (χ3v) is 8.25. The van der Waals surface area contributed by atoms with Crippen molar-refractivity contribution in [2.45, 2.75) is 36.5 Å². The van der Waals surface area contributed by atoms with Crippen LogP contribution in [0.25, 0.3) is 11.4 Å². The van der Waals surface area contributed by atoms with Crippen LogP contribution >= 0.6 is 11.6 Å². The molecule has 3 aromatic rings. The maximum absolute atomic E-state index is 12.8. The van der Waals surface area contributed by atoms with Crippen molar-refractivity contribution in [3.63, 3.8) is 0 Å². The molecule has 0 spiro atoms. The maximum Gasteiger partial charge on any atom is 0.243 e. The second kappa shape index (κ2) is 8.89. The van der Waals surface area contributed by atoms with Crippen molar-refractivity contribution in [3.8, 4) is 11.4 Å². The fourth-order valence-corrected chi connectivity index (χ4v) is 6.02. The van der Waals surface area contributed by atoms with Crippen molar-refractivity contribution in [1.29, 1.82) is 0 Å². The van der Waals surface area contributed by atoms with Crippen molar-refractivity contribution < 1.29 is 17.7 Å². The van der Waals surface area contributed by atoms with Crippen LogP contribution in [-0.2, 0) is 14.8 Å². The minimum absolute atomic E-state index is 0.0331. The third-order valence-electron chi connectivity index (χ3n) is 6.10. The molecule has 10 heteroatoms. The topological polar surface area (TPSA) is 96.6 Å². The van der Waals surface area contributed by atoms with Crippen LogP contribution in [-0.4, -0.2) is 48.4 Å². The highest BCUT2D eigenvalue weighted by Gasteiger charge is 2.35. The quantitative estimate of drug-likeness (QED) is 0.539. The highest BCUT2D eigenvalue weighted by molar-refractivity contribution is 7.89. The second-order valence-electron chi connectivity index (χ2n) is 8.33. The monoisotopic (exact) mass is 486 g/mol. The molecule has 2 saturated heterocycles. The first-order valence-corrected chi connectivity index (χ1v) is 12.7. The van der Waals surface area contributed by atoms with Crippen LogP contribution in [0.5, 0.6) is 0 Å². The predicted octanol–water partition coefficient (Wildman–Crippen LogP) is 4.09. The standard InChI is InChI=1S/C23H23ClN4O4S/c24-18-5-4-6-19(14-18)28-15-17(13-21(28)29)23-25-22(26-32-23)16-7-9-20(10-8-16)33(30,31)27-11-2-1-3-12-27/h4-10,14,17H,1-3,11-13,15H2/t17-/m0/s1. The summed E-state index contributed by atoms with van der Waals surface area (Å²) in [5.74, 6) is 0.485. The van der Waals surface area contributed by atoms with Gasteiger partial charge in [0.2, 0.25) is 27.6 Å². The molecule has 0 saturated carbocycles. The van der Waals surface area contributed by atoms with Gasteiger partial charge < -0.3 is 9.42 Å².